The summed E-state index contributed by atoms with van der Waals surface area (Å²) in [5, 5.41) is 4.26. The van der Waals surface area contributed by atoms with E-state index < -0.39 is 0 Å². The molecule has 0 aliphatic carbocycles. The molecule has 1 aromatic heterocycles. The van der Waals surface area contributed by atoms with Gasteiger partial charge in [-0.2, -0.15) is 0 Å². The molecule has 0 radical (unpaired) electrons. The van der Waals surface area contributed by atoms with E-state index in [1.807, 2.05) is 13.1 Å². The van der Waals surface area contributed by atoms with Gasteiger partial charge >= 0.3 is 0 Å². The third-order valence-corrected chi connectivity index (χ3v) is 2.81. The first-order chi connectivity index (χ1) is 7.63. The summed E-state index contributed by atoms with van der Waals surface area (Å²) in [6, 6.07) is 4.93. The van der Waals surface area contributed by atoms with Crippen LogP contribution in [0.15, 0.2) is 18.2 Å². The summed E-state index contributed by atoms with van der Waals surface area (Å²) in [6.07, 6.45) is 0. The summed E-state index contributed by atoms with van der Waals surface area (Å²) in [5.41, 5.74) is 3.32. The lowest BCUT2D eigenvalue weighted by atomic mass is 9.99. The minimum Gasteiger partial charge on any atom is -0.357 e. The number of hydrogen-bond acceptors (Lipinski definition) is 1. The fraction of sp³-hybridized carbons (Fsp3) is 0.385. The molecule has 0 spiro atoms. The predicted molar refractivity (Wildman–Crippen MR) is 65.1 cm³/mol. The van der Waals surface area contributed by atoms with Crippen LogP contribution in [0.1, 0.15) is 31.0 Å². The molecule has 0 saturated heterocycles. The number of halogens is 1. The van der Waals surface area contributed by atoms with E-state index in [-0.39, 0.29) is 5.82 Å². The lowest BCUT2D eigenvalue weighted by Gasteiger charge is -2.07. The Hall–Kier alpha value is -1.35. The average molecular weight is 220 g/mol. The van der Waals surface area contributed by atoms with Crippen molar-refractivity contribution in [1.82, 2.24) is 10.3 Å². The molecule has 1 heterocycles. The quantitative estimate of drug-likeness (QED) is 0.817. The zero-order valence-corrected chi connectivity index (χ0v) is 9.89. The maximum Gasteiger partial charge on any atom is 0.125 e. The predicted octanol–water partition coefficient (Wildman–Crippen LogP) is 3.15. The second kappa shape index (κ2) is 4.26. The molecule has 0 aliphatic heterocycles. The second-order valence-corrected chi connectivity index (χ2v) is 4.39. The van der Waals surface area contributed by atoms with Crippen LogP contribution in [-0.2, 0) is 6.54 Å². The number of aromatic nitrogens is 1. The van der Waals surface area contributed by atoms with Crippen LogP contribution in [0, 0.1) is 5.82 Å². The van der Waals surface area contributed by atoms with Crippen LogP contribution in [0.3, 0.4) is 0 Å². The monoisotopic (exact) mass is 220 g/mol. The molecule has 0 amide bonds. The van der Waals surface area contributed by atoms with Gasteiger partial charge in [-0.1, -0.05) is 13.8 Å². The smallest absolute Gasteiger partial charge is 0.125 e. The highest BCUT2D eigenvalue weighted by Gasteiger charge is 2.13. The number of aromatic amines is 1. The van der Waals surface area contributed by atoms with Gasteiger partial charge in [-0.3, -0.25) is 0 Å². The van der Waals surface area contributed by atoms with Crippen molar-refractivity contribution in [2.75, 3.05) is 7.05 Å². The van der Waals surface area contributed by atoms with Gasteiger partial charge in [0.15, 0.2) is 0 Å². The van der Waals surface area contributed by atoms with Gasteiger partial charge in [0.1, 0.15) is 5.82 Å². The van der Waals surface area contributed by atoms with Gasteiger partial charge < -0.3 is 10.3 Å². The van der Waals surface area contributed by atoms with Crippen LogP contribution in [0.5, 0.6) is 0 Å². The Bertz CT molecular complexity index is 500. The van der Waals surface area contributed by atoms with Crippen molar-refractivity contribution in [3.8, 4) is 0 Å². The molecule has 0 saturated carbocycles. The summed E-state index contributed by atoms with van der Waals surface area (Å²) < 4.78 is 13.1. The van der Waals surface area contributed by atoms with E-state index in [1.54, 1.807) is 6.07 Å². The van der Waals surface area contributed by atoms with Gasteiger partial charge in [-0.25, -0.2) is 4.39 Å². The zero-order valence-electron chi connectivity index (χ0n) is 9.89. The van der Waals surface area contributed by atoms with Crippen LogP contribution in [-0.4, -0.2) is 12.0 Å². The standard InChI is InChI=1S/C13H17FN2/c1-8(2)13-10-5-4-9(14)6-11(10)16-12(13)7-15-3/h4-6,8,15-16H,7H2,1-3H3. The Morgan fingerprint density at radius 1 is 1.38 bits per heavy atom. The Morgan fingerprint density at radius 3 is 2.75 bits per heavy atom. The normalized spacial score (nSPS) is 11.6. The molecular formula is C13H17FN2. The first-order valence-corrected chi connectivity index (χ1v) is 5.58. The first-order valence-electron chi connectivity index (χ1n) is 5.58. The summed E-state index contributed by atoms with van der Waals surface area (Å²) in [6.45, 7) is 5.10. The summed E-state index contributed by atoms with van der Waals surface area (Å²) in [4.78, 5) is 3.28. The van der Waals surface area contributed by atoms with Crippen LogP contribution in [0.2, 0.25) is 0 Å². The average Bonchev–Trinajstić information content (AvgIpc) is 2.55. The molecule has 0 unspecified atom stereocenters. The SMILES string of the molecule is CNCc1[nH]c2cc(F)ccc2c1C(C)C. The molecule has 0 aliphatic rings. The van der Waals surface area contributed by atoms with E-state index in [2.05, 4.69) is 24.1 Å². The molecule has 2 N–H and O–H groups in total. The minimum absolute atomic E-state index is 0.194. The van der Waals surface area contributed by atoms with E-state index >= 15 is 0 Å². The highest BCUT2D eigenvalue weighted by Crippen LogP contribution is 2.29. The highest BCUT2D eigenvalue weighted by atomic mass is 19.1. The number of rotatable bonds is 3. The molecule has 2 nitrogen and oxygen atoms in total. The number of fused-ring (bicyclic) bond motifs is 1. The highest BCUT2D eigenvalue weighted by molar-refractivity contribution is 5.85. The number of benzene rings is 1. The number of hydrogen-bond donors (Lipinski definition) is 2. The van der Waals surface area contributed by atoms with Gasteiger partial charge in [0.2, 0.25) is 0 Å². The largest absolute Gasteiger partial charge is 0.357 e. The van der Waals surface area contributed by atoms with Crippen LogP contribution in [0.4, 0.5) is 4.39 Å². The van der Waals surface area contributed by atoms with Crippen molar-refractivity contribution >= 4 is 10.9 Å². The Balaban J connectivity index is 2.65. The molecule has 1 aromatic carbocycles. The van der Waals surface area contributed by atoms with Crippen molar-refractivity contribution in [2.24, 2.45) is 0 Å². The van der Waals surface area contributed by atoms with E-state index in [4.69, 9.17) is 0 Å². The van der Waals surface area contributed by atoms with Crippen LogP contribution >= 0.6 is 0 Å². The fourth-order valence-electron chi connectivity index (χ4n) is 2.22. The number of nitrogens with one attached hydrogen (secondary N) is 2. The van der Waals surface area contributed by atoms with Crippen molar-refractivity contribution in [2.45, 2.75) is 26.3 Å². The van der Waals surface area contributed by atoms with E-state index in [0.29, 0.717) is 5.92 Å². The second-order valence-electron chi connectivity index (χ2n) is 4.39. The molecule has 0 bridgehead atoms. The van der Waals surface area contributed by atoms with Crippen molar-refractivity contribution < 1.29 is 4.39 Å². The minimum atomic E-state index is -0.194. The maximum absolute atomic E-state index is 13.1. The van der Waals surface area contributed by atoms with Gasteiger partial charge in [-0.05, 0) is 36.7 Å². The van der Waals surface area contributed by atoms with Gasteiger partial charge in [0, 0.05) is 23.1 Å². The van der Waals surface area contributed by atoms with E-state index in [9.17, 15) is 4.39 Å². The third kappa shape index (κ3) is 1.83. The topological polar surface area (TPSA) is 27.8 Å². The summed E-state index contributed by atoms with van der Waals surface area (Å²) in [7, 11) is 1.91. The molecular weight excluding hydrogens is 203 g/mol. The first kappa shape index (κ1) is 11.1. The lowest BCUT2D eigenvalue weighted by Crippen LogP contribution is -2.07. The summed E-state index contributed by atoms with van der Waals surface area (Å²) in [5.74, 6) is 0.239. The van der Waals surface area contributed by atoms with Crippen LogP contribution < -0.4 is 5.32 Å². The molecule has 86 valence electrons. The Labute approximate surface area is 94.9 Å². The van der Waals surface area contributed by atoms with Crippen molar-refractivity contribution in [1.29, 1.82) is 0 Å². The van der Waals surface area contributed by atoms with Crippen LogP contribution in [0.25, 0.3) is 10.9 Å². The molecule has 0 fully saturated rings. The molecule has 2 aromatic rings. The van der Waals surface area contributed by atoms with Gasteiger partial charge in [0.25, 0.3) is 0 Å². The summed E-state index contributed by atoms with van der Waals surface area (Å²) >= 11 is 0. The van der Waals surface area contributed by atoms with Crippen molar-refractivity contribution in [3.63, 3.8) is 0 Å². The lowest BCUT2D eigenvalue weighted by molar-refractivity contribution is 0.629. The Kier molecular flexibility index (Phi) is 2.97. The maximum atomic E-state index is 13.1. The molecule has 0 atom stereocenters. The van der Waals surface area contributed by atoms with Gasteiger partial charge in [0.05, 0.1) is 0 Å². The fourth-order valence-corrected chi connectivity index (χ4v) is 2.22. The molecule has 16 heavy (non-hydrogen) atoms. The Morgan fingerprint density at radius 2 is 2.12 bits per heavy atom. The van der Waals surface area contributed by atoms with E-state index in [1.165, 1.54) is 11.6 Å². The van der Waals surface area contributed by atoms with Gasteiger partial charge in [-0.15, -0.1) is 0 Å². The molecule has 3 heteroatoms. The zero-order chi connectivity index (χ0) is 11.7. The van der Waals surface area contributed by atoms with Crippen molar-refractivity contribution in [3.05, 3.63) is 35.3 Å². The third-order valence-electron chi connectivity index (χ3n) is 2.81. The van der Waals surface area contributed by atoms with E-state index in [0.717, 1.165) is 23.1 Å². The molecule has 2 rings (SSSR count). The number of H-pyrrole nitrogens is 1.